The molecule has 0 saturated heterocycles. The number of hydrogen-bond donors (Lipinski definition) is 0. The SMILES string of the molecule is C[Si](C)(C)c1ccc(N(c2c(F)cc(F)cc2-c2ccccc2C#N)c2ccc3ccc4c(N(c5ccc([Si](C)(C)C)cc5)c5c(F)cc(F)cc5-c5ccccc5C#N)ccc5ccc2c3c54)cc1. The van der Waals surface area contributed by atoms with Crippen LogP contribution in [0, 0.1) is 45.9 Å². The summed E-state index contributed by atoms with van der Waals surface area (Å²) in [5.41, 5.74) is 4.33. The average molecular weight is 955 g/mol. The fourth-order valence-electron chi connectivity index (χ4n) is 9.79. The highest BCUT2D eigenvalue weighted by molar-refractivity contribution is 6.89. The molecule has 0 fully saturated rings. The summed E-state index contributed by atoms with van der Waals surface area (Å²) in [5.74, 6) is -3.18. The molecule has 0 saturated carbocycles. The fourth-order valence-corrected chi connectivity index (χ4v) is 12.1. The van der Waals surface area contributed by atoms with Crippen LogP contribution >= 0.6 is 0 Å². The molecule has 342 valence electrons. The van der Waals surface area contributed by atoms with Crippen LogP contribution in [0.1, 0.15) is 11.1 Å². The van der Waals surface area contributed by atoms with E-state index in [0.29, 0.717) is 33.9 Å². The molecule has 0 amide bonds. The second-order valence-corrected chi connectivity index (χ2v) is 29.9. The highest BCUT2D eigenvalue weighted by atomic mass is 28.3. The van der Waals surface area contributed by atoms with Crippen molar-refractivity contribution < 1.29 is 17.6 Å². The molecule has 0 atom stereocenters. The van der Waals surface area contributed by atoms with Gasteiger partial charge in [0.2, 0.25) is 0 Å². The summed E-state index contributed by atoms with van der Waals surface area (Å²) in [6, 6.07) is 54.4. The van der Waals surface area contributed by atoms with Gasteiger partial charge >= 0.3 is 0 Å². The molecule has 0 spiro atoms. The summed E-state index contributed by atoms with van der Waals surface area (Å²) in [6.07, 6.45) is 0. The first-order valence-electron chi connectivity index (χ1n) is 23.0. The lowest BCUT2D eigenvalue weighted by Gasteiger charge is -2.32. The highest BCUT2D eigenvalue weighted by Crippen LogP contribution is 2.51. The molecular formula is C60H46F4N4Si2. The second kappa shape index (κ2) is 17.5. The van der Waals surface area contributed by atoms with Gasteiger partial charge in [-0.1, -0.05) is 147 Å². The van der Waals surface area contributed by atoms with Crippen LogP contribution in [-0.4, -0.2) is 16.1 Å². The zero-order valence-corrected chi connectivity index (χ0v) is 41.5. The van der Waals surface area contributed by atoms with Gasteiger partial charge in [0.05, 0.1) is 62.2 Å². The van der Waals surface area contributed by atoms with E-state index in [4.69, 9.17) is 0 Å². The third kappa shape index (κ3) is 7.95. The maximum absolute atomic E-state index is 17.1. The second-order valence-electron chi connectivity index (χ2n) is 19.7. The van der Waals surface area contributed by atoms with E-state index in [1.165, 1.54) is 22.5 Å². The van der Waals surface area contributed by atoms with Crippen LogP contribution in [0.15, 0.2) is 170 Å². The number of nitrogens with zero attached hydrogens (tertiary/aromatic N) is 4. The fraction of sp³-hybridized carbons (Fsp3) is 0.100. The molecule has 0 aliphatic carbocycles. The van der Waals surface area contributed by atoms with Crippen LogP contribution in [0.5, 0.6) is 0 Å². The lowest BCUT2D eigenvalue weighted by Crippen LogP contribution is -2.37. The van der Waals surface area contributed by atoms with Crippen molar-refractivity contribution in [3.05, 3.63) is 204 Å². The van der Waals surface area contributed by atoms with Crippen molar-refractivity contribution in [2.24, 2.45) is 0 Å². The van der Waals surface area contributed by atoms with Gasteiger partial charge in [-0.2, -0.15) is 10.5 Å². The molecule has 0 aliphatic rings. The molecule has 4 nitrogen and oxygen atoms in total. The van der Waals surface area contributed by atoms with Gasteiger partial charge in [-0.15, -0.1) is 0 Å². The molecule has 10 aromatic carbocycles. The Morgan fingerprint density at radius 2 is 0.757 bits per heavy atom. The van der Waals surface area contributed by atoms with Crippen LogP contribution < -0.4 is 20.2 Å². The van der Waals surface area contributed by atoms with E-state index >= 15 is 17.6 Å². The summed E-state index contributed by atoms with van der Waals surface area (Å²) < 4.78 is 65.3. The number of nitriles is 2. The molecule has 0 aromatic heterocycles. The Bertz CT molecular complexity index is 3520. The maximum Gasteiger partial charge on any atom is 0.150 e. The molecule has 0 radical (unpaired) electrons. The van der Waals surface area contributed by atoms with E-state index in [9.17, 15) is 10.5 Å². The summed E-state index contributed by atoms with van der Waals surface area (Å²) in [6.45, 7) is 13.5. The lowest BCUT2D eigenvalue weighted by atomic mass is 9.91. The van der Waals surface area contributed by atoms with Crippen LogP contribution in [0.25, 0.3) is 54.6 Å². The molecule has 0 bridgehead atoms. The first-order valence-corrected chi connectivity index (χ1v) is 30.0. The molecule has 0 unspecified atom stereocenters. The van der Waals surface area contributed by atoms with Gasteiger partial charge in [-0.25, -0.2) is 17.6 Å². The zero-order valence-electron chi connectivity index (χ0n) is 39.5. The Labute approximate surface area is 406 Å². The van der Waals surface area contributed by atoms with Gasteiger partial charge in [0.25, 0.3) is 0 Å². The Balaban J connectivity index is 1.28. The molecule has 10 aromatic rings. The van der Waals surface area contributed by atoms with Gasteiger partial charge < -0.3 is 9.80 Å². The van der Waals surface area contributed by atoms with Crippen molar-refractivity contribution in [1.82, 2.24) is 0 Å². The predicted molar refractivity (Wildman–Crippen MR) is 286 cm³/mol. The van der Waals surface area contributed by atoms with E-state index in [1.54, 1.807) is 48.5 Å². The molecule has 10 rings (SSSR count). The topological polar surface area (TPSA) is 54.1 Å². The molecule has 0 N–H and O–H groups in total. The number of hydrogen-bond acceptors (Lipinski definition) is 4. The Morgan fingerprint density at radius 1 is 0.400 bits per heavy atom. The predicted octanol–water partition coefficient (Wildman–Crippen LogP) is 16.2. The molecule has 0 aliphatic heterocycles. The van der Waals surface area contributed by atoms with Crippen molar-refractivity contribution >= 4 is 93.0 Å². The summed E-state index contributed by atoms with van der Waals surface area (Å²) in [4.78, 5) is 3.64. The smallest absolute Gasteiger partial charge is 0.150 e. The summed E-state index contributed by atoms with van der Waals surface area (Å²) in [7, 11) is -3.56. The van der Waals surface area contributed by atoms with Crippen molar-refractivity contribution in [3.8, 4) is 34.4 Å². The third-order valence-electron chi connectivity index (χ3n) is 13.3. The van der Waals surface area contributed by atoms with E-state index in [0.717, 1.165) is 44.5 Å². The monoisotopic (exact) mass is 954 g/mol. The minimum absolute atomic E-state index is 0.0745. The summed E-state index contributed by atoms with van der Waals surface area (Å²) in [5, 5.41) is 27.9. The molecule has 0 heterocycles. The van der Waals surface area contributed by atoms with Gasteiger partial charge in [0.1, 0.15) is 11.6 Å². The van der Waals surface area contributed by atoms with Crippen molar-refractivity contribution in [2.75, 3.05) is 9.80 Å². The van der Waals surface area contributed by atoms with Crippen LogP contribution in [0.3, 0.4) is 0 Å². The van der Waals surface area contributed by atoms with E-state index < -0.39 is 39.4 Å². The van der Waals surface area contributed by atoms with E-state index in [-0.39, 0.29) is 33.6 Å². The van der Waals surface area contributed by atoms with Gasteiger partial charge in [-0.05, 0) is 82.2 Å². The number of halogens is 4. The van der Waals surface area contributed by atoms with Gasteiger partial charge in [0, 0.05) is 56.5 Å². The minimum atomic E-state index is -1.78. The average Bonchev–Trinajstić information content (AvgIpc) is 3.34. The van der Waals surface area contributed by atoms with Crippen molar-refractivity contribution in [2.45, 2.75) is 39.3 Å². The normalized spacial score (nSPS) is 11.8. The first kappa shape index (κ1) is 45.7. The third-order valence-corrected chi connectivity index (χ3v) is 17.4. The largest absolute Gasteiger partial charge is 0.307 e. The van der Waals surface area contributed by atoms with Gasteiger partial charge in [-0.3, -0.25) is 0 Å². The Morgan fingerprint density at radius 3 is 1.11 bits per heavy atom. The standard InChI is InChI=1S/C60H46F4N4Si2/c1-69(2,3)45-23-19-43(20-24-45)67(59-51(31-41(61)33-53(59)63)47-13-9-7-11-39(47)35-65)55-29-17-37-16-28-50-56(30-18-38-15-27-49(55)57(37)58(38)50)68(44-21-25-46(26-22-44)70(4,5)6)60-52(32-42(62)34-54(60)64)48-14-10-8-12-40(48)36-66/h7-34H,1-6H3. The maximum atomic E-state index is 17.1. The van der Waals surface area contributed by atoms with E-state index in [1.807, 2.05) is 82.6 Å². The van der Waals surface area contributed by atoms with Crippen molar-refractivity contribution in [3.63, 3.8) is 0 Å². The van der Waals surface area contributed by atoms with E-state index in [2.05, 4.69) is 75.7 Å². The quantitative estimate of drug-likeness (QED) is 0.0779. The Kier molecular flexibility index (Phi) is 11.4. The Hall–Kier alpha value is -8.03. The van der Waals surface area contributed by atoms with Crippen molar-refractivity contribution in [1.29, 1.82) is 10.5 Å². The number of benzene rings is 10. The van der Waals surface area contributed by atoms with Crippen LogP contribution in [0.4, 0.5) is 51.7 Å². The first-order chi connectivity index (χ1) is 33.5. The highest BCUT2D eigenvalue weighted by Gasteiger charge is 2.30. The van der Waals surface area contributed by atoms with Crippen LogP contribution in [-0.2, 0) is 0 Å². The molecular weight excluding hydrogens is 909 g/mol. The number of anilines is 6. The van der Waals surface area contributed by atoms with Crippen LogP contribution in [0.2, 0.25) is 39.3 Å². The number of rotatable bonds is 10. The summed E-state index contributed by atoms with van der Waals surface area (Å²) >= 11 is 0. The zero-order chi connectivity index (χ0) is 49.2. The van der Waals surface area contributed by atoms with Gasteiger partial charge in [0.15, 0.2) is 11.6 Å². The lowest BCUT2D eigenvalue weighted by molar-refractivity contribution is 0.584. The molecule has 10 heteroatoms. The molecule has 70 heavy (non-hydrogen) atoms. The minimum Gasteiger partial charge on any atom is -0.307 e.